The number of para-hydroxylation sites is 3. The molecule has 0 amide bonds. The van der Waals surface area contributed by atoms with Crippen LogP contribution in [0, 0.1) is 0 Å². The molecule has 0 saturated carbocycles. The Morgan fingerprint density at radius 2 is 1.18 bits per heavy atom. The largest absolute Gasteiger partial charge is 0.308 e. The minimum atomic E-state index is -0.204. The van der Waals surface area contributed by atoms with Gasteiger partial charge in [-0.05, 0) is 63.7 Å². The Morgan fingerprint density at radius 1 is 0.480 bits per heavy atom. The molecule has 0 fully saturated rings. The highest BCUT2D eigenvalue weighted by atomic mass is 15.0. The lowest BCUT2D eigenvalue weighted by Crippen LogP contribution is -2.15. The van der Waals surface area contributed by atoms with Crippen molar-refractivity contribution in [2.75, 3.05) is 0 Å². The van der Waals surface area contributed by atoms with Crippen LogP contribution in [0.15, 0.2) is 152 Å². The summed E-state index contributed by atoms with van der Waals surface area (Å²) in [6.45, 7) is 4.75. The maximum atomic E-state index is 5.38. The number of fused-ring (bicyclic) bond motifs is 7. The van der Waals surface area contributed by atoms with Gasteiger partial charge in [0.05, 0.1) is 27.9 Å². The summed E-state index contributed by atoms with van der Waals surface area (Å²) in [5.74, 6) is 0.744. The second-order valence-corrected chi connectivity index (χ2v) is 14.2. The van der Waals surface area contributed by atoms with Gasteiger partial charge in [0.25, 0.3) is 0 Å². The zero-order valence-corrected chi connectivity index (χ0v) is 27.8. The lowest BCUT2D eigenvalue weighted by Gasteiger charge is -2.24. The van der Waals surface area contributed by atoms with Crippen molar-refractivity contribution < 1.29 is 0 Å². The van der Waals surface area contributed by atoms with E-state index in [4.69, 9.17) is 9.97 Å². The van der Waals surface area contributed by atoms with E-state index >= 15 is 0 Å². The first-order valence-electron chi connectivity index (χ1n) is 17.3. The molecule has 0 N–H and O–H groups in total. The highest BCUT2D eigenvalue weighted by Gasteiger charge is 2.41. The molecule has 7 aromatic carbocycles. The number of hydrogen-bond acceptors (Lipinski definition) is 2. The van der Waals surface area contributed by atoms with Gasteiger partial charge in [0.15, 0.2) is 5.82 Å². The third-order valence-corrected chi connectivity index (χ3v) is 11.1. The molecule has 50 heavy (non-hydrogen) atoms. The molecule has 9 aromatic rings. The minimum absolute atomic E-state index is 0.204. The summed E-state index contributed by atoms with van der Waals surface area (Å²) in [7, 11) is 0. The summed E-state index contributed by atoms with van der Waals surface area (Å²) >= 11 is 0. The molecule has 2 aliphatic rings. The van der Waals surface area contributed by atoms with Gasteiger partial charge in [-0.25, -0.2) is 9.97 Å². The Bertz CT molecular complexity index is 2880. The first-order valence-corrected chi connectivity index (χ1v) is 17.3. The summed E-state index contributed by atoms with van der Waals surface area (Å²) in [4.78, 5) is 10.6. The summed E-state index contributed by atoms with van der Waals surface area (Å²) in [5, 5.41) is 3.64. The molecular formula is C47H31N3. The highest BCUT2D eigenvalue weighted by molar-refractivity contribution is 6.19. The van der Waals surface area contributed by atoms with Crippen LogP contribution in [0.5, 0.6) is 0 Å². The van der Waals surface area contributed by atoms with E-state index in [2.05, 4.69) is 170 Å². The molecular weight excluding hydrogens is 607 g/mol. The first-order chi connectivity index (χ1) is 24.6. The van der Waals surface area contributed by atoms with E-state index in [1.54, 1.807) is 0 Å². The summed E-state index contributed by atoms with van der Waals surface area (Å²) in [6, 6.07) is 54.8. The van der Waals surface area contributed by atoms with Crippen molar-refractivity contribution >= 4 is 32.7 Å². The van der Waals surface area contributed by atoms with Crippen LogP contribution in [-0.4, -0.2) is 14.5 Å². The minimum Gasteiger partial charge on any atom is -0.308 e. The van der Waals surface area contributed by atoms with E-state index < -0.39 is 0 Å². The Balaban J connectivity index is 1.18. The Kier molecular flexibility index (Phi) is 5.45. The molecule has 0 radical (unpaired) electrons. The second-order valence-electron chi connectivity index (χ2n) is 14.2. The zero-order chi connectivity index (χ0) is 33.1. The van der Waals surface area contributed by atoms with Crippen molar-refractivity contribution in [1.82, 2.24) is 14.5 Å². The molecule has 1 aliphatic carbocycles. The van der Waals surface area contributed by atoms with Crippen LogP contribution in [0.2, 0.25) is 0 Å². The maximum absolute atomic E-state index is 5.38. The molecule has 11 rings (SSSR count). The van der Waals surface area contributed by atoms with Gasteiger partial charge in [-0.3, -0.25) is 0 Å². The summed E-state index contributed by atoms with van der Waals surface area (Å²) in [5.41, 5.74) is 17.8. The van der Waals surface area contributed by atoms with Crippen LogP contribution in [0.1, 0.15) is 25.0 Å². The van der Waals surface area contributed by atoms with Crippen molar-refractivity contribution in [1.29, 1.82) is 0 Å². The summed E-state index contributed by atoms with van der Waals surface area (Å²) < 4.78 is 2.51. The van der Waals surface area contributed by atoms with Crippen molar-refractivity contribution in [2.24, 2.45) is 0 Å². The molecule has 234 valence electrons. The topological polar surface area (TPSA) is 30.7 Å². The monoisotopic (exact) mass is 637 g/mol. The SMILES string of the molecule is CC1(C)c2cc(-c3nc(-c4ccc(-c5ccccc5)cc4)c4ccccc4n3)cc3c2-c2c1ccc1c4ccccc4n(c21)-c1ccccc1-3. The van der Waals surface area contributed by atoms with Crippen molar-refractivity contribution in [2.45, 2.75) is 19.3 Å². The van der Waals surface area contributed by atoms with Gasteiger partial charge < -0.3 is 4.57 Å². The van der Waals surface area contributed by atoms with Gasteiger partial charge in [-0.1, -0.05) is 135 Å². The molecule has 0 spiro atoms. The predicted molar refractivity (Wildman–Crippen MR) is 207 cm³/mol. The van der Waals surface area contributed by atoms with Crippen LogP contribution < -0.4 is 0 Å². The van der Waals surface area contributed by atoms with Crippen LogP contribution in [0.4, 0.5) is 0 Å². The Morgan fingerprint density at radius 3 is 2.04 bits per heavy atom. The fraction of sp³-hybridized carbons (Fsp3) is 0.0638. The fourth-order valence-electron chi connectivity index (χ4n) is 8.75. The van der Waals surface area contributed by atoms with Gasteiger partial charge in [0, 0.05) is 43.8 Å². The van der Waals surface area contributed by atoms with Gasteiger partial charge in [0.2, 0.25) is 0 Å². The fourth-order valence-corrected chi connectivity index (χ4v) is 8.75. The lowest BCUT2D eigenvalue weighted by molar-refractivity contribution is 0.661. The average molecular weight is 638 g/mol. The second kappa shape index (κ2) is 9.87. The van der Waals surface area contributed by atoms with E-state index in [9.17, 15) is 0 Å². The zero-order valence-electron chi connectivity index (χ0n) is 27.8. The van der Waals surface area contributed by atoms with E-state index in [-0.39, 0.29) is 5.41 Å². The average Bonchev–Trinajstić information content (AvgIpc) is 3.58. The standard InChI is InChI=1S/C47H31N3/c1-47(2)37-25-24-34-32-14-7-10-18-40(32)50-41-19-11-8-15-33(41)36-26-31(27-38(47)42(36)43(37)45(34)50)46-48-39-17-9-6-16-35(39)44(49-46)30-22-20-29(21-23-30)28-12-4-3-5-13-28/h3-27H,1-2H3. The predicted octanol–water partition coefficient (Wildman–Crippen LogP) is 12.0. The quantitative estimate of drug-likeness (QED) is 0.193. The summed E-state index contributed by atoms with van der Waals surface area (Å²) in [6.07, 6.45) is 0. The molecule has 0 unspecified atom stereocenters. The number of nitrogens with zero attached hydrogens (tertiary/aromatic N) is 3. The van der Waals surface area contributed by atoms with Crippen molar-refractivity contribution in [3.8, 4) is 61.7 Å². The highest BCUT2D eigenvalue weighted by Crippen LogP contribution is 2.58. The number of rotatable bonds is 3. The van der Waals surface area contributed by atoms with E-state index in [1.165, 1.54) is 72.0 Å². The van der Waals surface area contributed by atoms with Crippen LogP contribution in [0.25, 0.3) is 94.4 Å². The van der Waals surface area contributed by atoms with Gasteiger partial charge in [-0.2, -0.15) is 0 Å². The number of aromatic nitrogens is 3. The van der Waals surface area contributed by atoms with E-state index in [0.29, 0.717) is 0 Å². The van der Waals surface area contributed by atoms with Crippen LogP contribution >= 0.6 is 0 Å². The molecule has 3 heterocycles. The Hall–Kier alpha value is -6.32. The third kappa shape index (κ3) is 3.64. The molecule has 2 aromatic heterocycles. The van der Waals surface area contributed by atoms with E-state index in [1.807, 2.05) is 0 Å². The number of hydrogen-bond donors (Lipinski definition) is 0. The molecule has 3 heteroatoms. The maximum Gasteiger partial charge on any atom is 0.160 e. The first kappa shape index (κ1) is 27.6. The van der Waals surface area contributed by atoms with Crippen LogP contribution in [0.3, 0.4) is 0 Å². The van der Waals surface area contributed by atoms with Crippen LogP contribution in [-0.2, 0) is 5.41 Å². The molecule has 3 nitrogen and oxygen atoms in total. The molecule has 0 saturated heterocycles. The molecule has 1 aliphatic heterocycles. The van der Waals surface area contributed by atoms with E-state index in [0.717, 1.165) is 33.5 Å². The van der Waals surface area contributed by atoms with Gasteiger partial charge in [0.1, 0.15) is 0 Å². The Labute approximate surface area is 290 Å². The molecule has 0 bridgehead atoms. The lowest BCUT2D eigenvalue weighted by atomic mass is 9.80. The van der Waals surface area contributed by atoms with Gasteiger partial charge in [-0.15, -0.1) is 0 Å². The van der Waals surface area contributed by atoms with Crippen molar-refractivity contribution in [3.63, 3.8) is 0 Å². The molecule has 0 atom stereocenters. The third-order valence-electron chi connectivity index (χ3n) is 11.1. The number of benzene rings is 7. The smallest absolute Gasteiger partial charge is 0.160 e. The normalized spacial score (nSPS) is 13.6. The van der Waals surface area contributed by atoms with Gasteiger partial charge >= 0.3 is 0 Å². The van der Waals surface area contributed by atoms with Crippen molar-refractivity contribution in [3.05, 3.63) is 163 Å².